The van der Waals surface area contributed by atoms with E-state index < -0.39 is 58.0 Å². The number of phenolic OH excluding ortho intramolecular Hbond substituents is 1. The largest absolute Gasteiger partial charge is 0.508 e. The van der Waals surface area contributed by atoms with Gasteiger partial charge in [-0.2, -0.15) is 0 Å². The maximum atomic E-state index is 13.6. The molecule has 1 aromatic carbocycles. The summed E-state index contributed by atoms with van der Waals surface area (Å²) in [6, 6.07) is 2.11. The second-order valence-corrected chi connectivity index (χ2v) is 8.91. The number of hydrogen-bond donors (Lipinski definition) is 5. The molecule has 32 heavy (non-hydrogen) atoms. The van der Waals surface area contributed by atoms with Gasteiger partial charge in [-0.25, -0.2) is 0 Å². The van der Waals surface area contributed by atoms with Gasteiger partial charge in [0.25, 0.3) is 5.91 Å². The van der Waals surface area contributed by atoms with Gasteiger partial charge in [-0.1, -0.05) is 13.0 Å². The van der Waals surface area contributed by atoms with Crippen molar-refractivity contribution in [3.8, 4) is 5.75 Å². The van der Waals surface area contributed by atoms with Crippen molar-refractivity contribution in [2.45, 2.75) is 37.8 Å². The lowest BCUT2D eigenvalue weighted by atomic mass is 9.57. The Balaban J connectivity index is 1.99. The molecule has 1 amide bonds. The van der Waals surface area contributed by atoms with Crippen molar-refractivity contribution in [3.63, 3.8) is 0 Å². The zero-order valence-electron chi connectivity index (χ0n) is 18.0. The van der Waals surface area contributed by atoms with Crippen molar-refractivity contribution >= 4 is 23.2 Å². The summed E-state index contributed by atoms with van der Waals surface area (Å²) in [5.74, 6) is -6.38. The highest BCUT2D eigenvalue weighted by Gasteiger charge is 2.64. The highest BCUT2D eigenvalue weighted by Crippen LogP contribution is 2.52. The normalized spacial score (nSPS) is 29.7. The number of phenols is 1. The van der Waals surface area contributed by atoms with Crippen molar-refractivity contribution < 1.29 is 34.8 Å². The third-order valence-electron chi connectivity index (χ3n) is 7.08. The molecule has 170 valence electrons. The molecular weight excluding hydrogens is 416 g/mol. The van der Waals surface area contributed by atoms with Crippen LogP contribution in [0.4, 0.5) is 0 Å². The van der Waals surface area contributed by atoms with E-state index in [1.54, 1.807) is 20.2 Å². The molecule has 0 radical (unpaired) electrons. The summed E-state index contributed by atoms with van der Waals surface area (Å²) < 4.78 is 0. The Morgan fingerprint density at radius 1 is 1.22 bits per heavy atom. The number of nitrogens with two attached hydrogens (primary N) is 1. The minimum Gasteiger partial charge on any atom is -0.508 e. The topological polar surface area (TPSA) is 161 Å². The smallest absolute Gasteiger partial charge is 0.255 e. The molecule has 1 fully saturated rings. The number of aliphatic hydroxyl groups is 3. The number of likely N-dealkylation sites (N-methyl/N-ethyl adjacent to an activating group) is 1. The van der Waals surface area contributed by atoms with Crippen LogP contribution in [0.2, 0.25) is 0 Å². The van der Waals surface area contributed by atoms with Crippen LogP contribution in [-0.2, 0) is 27.2 Å². The highest BCUT2D eigenvalue weighted by atomic mass is 16.3. The van der Waals surface area contributed by atoms with E-state index in [1.165, 1.54) is 11.0 Å². The Bertz CT molecular complexity index is 1130. The van der Waals surface area contributed by atoms with Crippen LogP contribution in [0.5, 0.6) is 5.75 Å². The number of fused-ring (bicyclic) bond motifs is 3. The molecule has 4 atom stereocenters. The second-order valence-electron chi connectivity index (χ2n) is 8.91. The Kier molecular flexibility index (Phi) is 4.94. The molecule has 4 rings (SSSR count). The number of ketones is 2. The van der Waals surface area contributed by atoms with Crippen LogP contribution in [0.1, 0.15) is 30.0 Å². The molecule has 9 nitrogen and oxygen atoms in total. The van der Waals surface area contributed by atoms with Crippen LogP contribution in [0.3, 0.4) is 0 Å². The van der Waals surface area contributed by atoms with Crippen LogP contribution in [0.25, 0.3) is 5.76 Å². The van der Waals surface area contributed by atoms with Gasteiger partial charge in [0.05, 0.1) is 11.6 Å². The number of rotatable bonds is 3. The maximum absolute atomic E-state index is 13.6. The molecule has 1 aromatic rings. The van der Waals surface area contributed by atoms with Gasteiger partial charge < -0.3 is 26.2 Å². The molecule has 1 saturated carbocycles. The Hall–Kier alpha value is -3.17. The highest BCUT2D eigenvalue weighted by molar-refractivity contribution is 6.24. The minimum absolute atomic E-state index is 0.0879. The van der Waals surface area contributed by atoms with Crippen molar-refractivity contribution in [1.29, 1.82) is 0 Å². The number of primary amides is 1. The first-order valence-corrected chi connectivity index (χ1v) is 10.4. The molecule has 0 aromatic heterocycles. The van der Waals surface area contributed by atoms with Crippen molar-refractivity contribution in [2.75, 3.05) is 14.1 Å². The molecule has 0 saturated heterocycles. The van der Waals surface area contributed by atoms with E-state index >= 15 is 0 Å². The molecule has 0 spiro atoms. The predicted octanol–water partition coefficient (Wildman–Crippen LogP) is 0.526. The monoisotopic (exact) mass is 442 g/mol. The minimum atomic E-state index is -2.61. The van der Waals surface area contributed by atoms with Crippen molar-refractivity contribution in [2.24, 2.45) is 17.6 Å². The number of benzene rings is 1. The third-order valence-corrected chi connectivity index (χ3v) is 7.08. The molecule has 6 N–H and O–H groups in total. The van der Waals surface area contributed by atoms with Crippen LogP contribution in [0.15, 0.2) is 29.0 Å². The number of hydrogen-bond acceptors (Lipinski definition) is 8. The van der Waals surface area contributed by atoms with E-state index in [0.29, 0.717) is 18.4 Å². The van der Waals surface area contributed by atoms with Gasteiger partial charge in [0.15, 0.2) is 11.4 Å². The summed E-state index contributed by atoms with van der Waals surface area (Å²) in [4.78, 5) is 40.1. The zero-order valence-corrected chi connectivity index (χ0v) is 18.0. The number of Topliss-reactive ketones (excluding diaryl/α,β-unsaturated/α-hetero) is 2. The third kappa shape index (κ3) is 2.67. The zero-order chi connectivity index (χ0) is 23.7. The van der Waals surface area contributed by atoms with Gasteiger partial charge in [-0.15, -0.1) is 0 Å². The summed E-state index contributed by atoms with van der Waals surface area (Å²) in [5.41, 5.74) is 3.47. The molecule has 3 aliphatic rings. The molecular formula is C23H26N2O7. The Labute approximate surface area is 184 Å². The van der Waals surface area contributed by atoms with E-state index in [0.717, 1.165) is 5.56 Å². The average molecular weight is 442 g/mol. The average Bonchev–Trinajstić information content (AvgIpc) is 2.70. The van der Waals surface area contributed by atoms with E-state index in [2.05, 4.69) is 0 Å². The lowest BCUT2D eigenvalue weighted by Gasteiger charge is -2.50. The fourth-order valence-corrected chi connectivity index (χ4v) is 5.64. The molecule has 3 aliphatic carbocycles. The van der Waals surface area contributed by atoms with Crippen LogP contribution >= 0.6 is 0 Å². The van der Waals surface area contributed by atoms with Gasteiger partial charge in [0.2, 0.25) is 5.78 Å². The molecule has 0 aliphatic heterocycles. The van der Waals surface area contributed by atoms with Crippen molar-refractivity contribution in [1.82, 2.24) is 4.90 Å². The Morgan fingerprint density at radius 3 is 2.44 bits per heavy atom. The van der Waals surface area contributed by atoms with Crippen LogP contribution in [-0.4, -0.2) is 68.5 Å². The predicted molar refractivity (Wildman–Crippen MR) is 114 cm³/mol. The molecule has 9 heteroatoms. The van der Waals surface area contributed by atoms with Gasteiger partial charge in [-0.05, 0) is 56.5 Å². The fourth-order valence-electron chi connectivity index (χ4n) is 5.64. The second kappa shape index (κ2) is 7.18. The quantitative estimate of drug-likeness (QED) is 0.424. The molecule has 0 unspecified atom stereocenters. The summed E-state index contributed by atoms with van der Waals surface area (Å²) in [7, 11) is 3.14. The van der Waals surface area contributed by atoms with Gasteiger partial charge in [0.1, 0.15) is 22.8 Å². The summed E-state index contributed by atoms with van der Waals surface area (Å²) in [5, 5.41) is 43.7. The maximum Gasteiger partial charge on any atom is 0.255 e. The number of carbonyl (C=O) groups is 3. The first-order chi connectivity index (χ1) is 15.0. The number of aliphatic hydroxyl groups excluding tert-OH is 2. The van der Waals surface area contributed by atoms with Gasteiger partial charge in [-0.3, -0.25) is 19.3 Å². The molecule has 0 bridgehead atoms. The van der Waals surface area contributed by atoms with Crippen LogP contribution in [0, 0.1) is 11.8 Å². The van der Waals surface area contributed by atoms with Gasteiger partial charge >= 0.3 is 0 Å². The van der Waals surface area contributed by atoms with E-state index in [9.17, 15) is 34.8 Å². The number of amides is 1. The van der Waals surface area contributed by atoms with E-state index in [1.807, 2.05) is 6.92 Å². The number of aromatic hydroxyl groups is 1. The molecule has 0 heterocycles. The summed E-state index contributed by atoms with van der Waals surface area (Å²) in [6.45, 7) is 1.93. The summed E-state index contributed by atoms with van der Waals surface area (Å²) in [6.07, 6.45) is 1.04. The van der Waals surface area contributed by atoms with E-state index in [4.69, 9.17) is 5.73 Å². The van der Waals surface area contributed by atoms with Gasteiger partial charge in [0, 0.05) is 11.5 Å². The SMILES string of the molecule is CCc1ccc(O)c2c1C[C@H]1C[C@H]3[C@H](N(C)C)C(=O)C(C(N)=O)=C(O)[C@@]3(O)C(=O)C1=C2O. The fraction of sp³-hybridized carbons (Fsp3) is 0.435. The van der Waals surface area contributed by atoms with Crippen LogP contribution < -0.4 is 5.73 Å². The number of nitrogens with zero attached hydrogens (tertiary/aromatic N) is 1. The summed E-state index contributed by atoms with van der Waals surface area (Å²) >= 11 is 0. The van der Waals surface area contributed by atoms with E-state index in [-0.39, 0.29) is 23.3 Å². The number of aryl methyl sites for hydroxylation is 1. The van der Waals surface area contributed by atoms with Crippen molar-refractivity contribution in [3.05, 3.63) is 45.7 Å². The standard InChI is InChI=1S/C23H26N2O7/c1-4-9-5-6-13(26)15-11(9)7-10-8-12-17(25(2)3)19(28)16(22(24)31)21(30)23(12,32)20(29)14(10)18(15)27/h5-6,10,12,17,26-27,30,32H,4,7-8H2,1-3H3,(H2,24,31)/t10-,12-,17-,23-/m0/s1. The number of carbonyl (C=O) groups excluding carboxylic acids is 3. The lowest BCUT2D eigenvalue weighted by molar-refractivity contribution is -0.153. The lowest BCUT2D eigenvalue weighted by Crippen LogP contribution is -2.65. The first-order valence-electron chi connectivity index (χ1n) is 10.4. The Morgan fingerprint density at radius 2 is 1.88 bits per heavy atom. The first kappa shape index (κ1) is 22.0.